The Kier molecular flexibility index (Phi) is 4.27. The minimum absolute atomic E-state index is 0.770. The molecule has 1 aliphatic carbocycles. The van der Waals surface area contributed by atoms with E-state index < -0.39 is 0 Å². The molecule has 13 heavy (non-hydrogen) atoms. The average Bonchev–Trinajstić information content (AvgIpc) is 2.18. The van der Waals surface area contributed by atoms with Gasteiger partial charge in [-0.05, 0) is 37.2 Å². The van der Waals surface area contributed by atoms with E-state index in [0.29, 0.717) is 0 Å². The highest BCUT2D eigenvalue weighted by molar-refractivity contribution is 5.29. The second-order valence-electron chi connectivity index (χ2n) is 4.09. The second-order valence-corrected chi connectivity index (χ2v) is 4.09. The molecule has 0 aromatic heterocycles. The summed E-state index contributed by atoms with van der Waals surface area (Å²) in [6.07, 6.45) is 11.3. The summed E-state index contributed by atoms with van der Waals surface area (Å²) in [4.78, 5) is 0. The number of hydrogen-bond acceptors (Lipinski definition) is 0. The predicted octanol–water partition coefficient (Wildman–Crippen LogP) is 4.48. The van der Waals surface area contributed by atoms with Crippen LogP contribution in [0, 0.1) is 5.92 Å². The molecule has 1 rings (SSSR count). The lowest BCUT2D eigenvalue weighted by Crippen LogP contribution is -2.01. The third-order valence-electron chi connectivity index (χ3n) is 2.96. The molecule has 0 nitrogen and oxygen atoms in total. The van der Waals surface area contributed by atoms with Crippen LogP contribution in [-0.4, -0.2) is 0 Å². The lowest BCUT2D eigenvalue weighted by molar-refractivity contribution is 0.604. The molecule has 0 aliphatic heterocycles. The zero-order valence-corrected chi connectivity index (χ0v) is 9.27. The molecule has 74 valence electrons. The Bertz CT molecular complexity index is 208. The molecular formula is C13H22. The van der Waals surface area contributed by atoms with Crippen molar-refractivity contribution in [3.63, 3.8) is 0 Å². The topological polar surface area (TPSA) is 0 Å². The molecule has 0 N–H and O–H groups in total. The van der Waals surface area contributed by atoms with E-state index in [4.69, 9.17) is 0 Å². The van der Waals surface area contributed by atoms with Crippen LogP contribution in [0.2, 0.25) is 0 Å². The van der Waals surface area contributed by atoms with Gasteiger partial charge in [0.1, 0.15) is 0 Å². The van der Waals surface area contributed by atoms with Crippen LogP contribution in [0.5, 0.6) is 0 Å². The molecule has 1 unspecified atom stereocenters. The fraction of sp³-hybridized carbons (Fsp3) is 0.692. The first kappa shape index (κ1) is 10.6. The second kappa shape index (κ2) is 5.26. The summed E-state index contributed by atoms with van der Waals surface area (Å²) in [6.45, 7) is 6.88. The van der Waals surface area contributed by atoms with Crippen molar-refractivity contribution in [1.29, 1.82) is 0 Å². The summed E-state index contributed by atoms with van der Waals surface area (Å²) < 4.78 is 0. The highest BCUT2D eigenvalue weighted by Crippen LogP contribution is 2.26. The molecule has 0 aromatic rings. The quantitative estimate of drug-likeness (QED) is 0.595. The van der Waals surface area contributed by atoms with Gasteiger partial charge in [0.2, 0.25) is 0 Å². The minimum Gasteiger partial charge on any atom is -0.0807 e. The summed E-state index contributed by atoms with van der Waals surface area (Å²) in [7, 11) is 0. The fourth-order valence-electron chi connectivity index (χ4n) is 2.01. The largest absolute Gasteiger partial charge is 0.0807 e. The van der Waals surface area contributed by atoms with Gasteiger partial charge in [0, 0.05) is 0 Å². The number of hydrogen-bond donors (Lipinski definition) is 0. The smallest absolute Gasteiger partial charge is 0.0194 e. The lowest BCUT2D eigenvalue weighted by Gasteiger charge is -2.17. The van der Waals surface area contributed by atoms with Crippen LogP contribution in [0.4, 0.5) is 0 Å². The third-order valence-corrected chi connectivity index (χ3v) is 2.96. The maximum Gasteiger partial charge on any atom is -0.0194 e. The van der Waals surface area contributed by atoms with Gasteiger partial charge in [-0.15, -0.1) is 0 Å². The summed E-state index contributed by atoms with van der Waals surface area (Å²) in [5.41, 5.74) is 3.23. The molecule has 1 atom stereocenters. The van der Waals surface area contributed by atoms with Crippen LogP contribution in [0.15, 0.2) is 23.3 Å². The molecule has 1 aliphatic rings. The van der Waals surface area contributed by atoms with Gasteiger partial charge in [0.05, 0.1) is 0 Å². The molecule has 0 heterocycles. The van der Waals surface area contributed by atoms with Crippen LogP contribution in [-0.2, 0) is 0 Å². The highest BCUT2D eigenvalue weighted by Gasteiger charge is 2.09. The van der Waals surface area contributed by atoms with Gasteiger partial charge in [-0.25, -0.2) is 0 Å². The molecule has 0 amide bonds. The SMILES string of the molecule is CCCC(C)C1=CCCC(CC)=C1. The van der Waals surface area contributed by atoms with Gasteiger partial charge in [0.15, 0.2) is 0 Å². The molecule has 0 fully saturated rings. The van der Waals surface area contributed by atoms with E-state index in [1.165, 1.54) is 32.1 Å². The molecule has 0 heteroatoms. The first-order valence-electron chi connectivity index (χ1n) is 5.67. The van der Waals surface area contributed by atoms with Gasteiger partial charge in [0.25, 0.3) is 0 Å². The van der Waals surface area contributed by atoms with Crippen molar-refractivity contribution in [3.05, 3.63) is 23.3 Å². The van der Waals surface area contributed by atoms with Crippen molar-refractivity contribution < 1.29 is 0 Å². The zero-order valence-electron chi connectivity index (χ0n) is 9.27. The van der Waals surface area contributed by atoms with Crippen LogP contribution < -0.4 is 0 Å². The third kappa shape index (κ3) is 3.02. The number of allylic oxidation sites excluding steroid dienone is 4. The van der Waals surface area contributed by atoms with Gasteiger partial charge < -0.3 is 0 Å². The Balaban J connectivity index is 2.59. The zero-order chi connectivity index (χ0) is 9.68. The Morgan fingerprint density at radius 1 is 1.38 bits per heavy atom. The van der Waals surface area contributed by atoms with E-state index in [1.807, 2.05) is 0 Å². The van der Waals surface area contributed by atoms with Gasteiger partial charge in [-0.2, -0.15) is 0 Å². The van der Waals surface area contributed by atoms with Crippen molar-refractivity contribution >= 4 is 0 Å². The van der Waals surface area contributed by atoms with Crippen LogP contribution >= 0.6 is 0 Å². The summed E-state index contributed by atoms with van der Waals surface area (Å²) in [6, 6.07) is 0. The van der Waals surface area contributed by atoms with E-state index >= 15 is 0 Å². The van der Waals surface area contributed by atoms with Crippen molar-refractivity contribution in [1.82, 2.24) is 0 Å². The van der Waals surface area contributed by atoms with E-state index in [-0.39, 0.29) is 0 Å². The fourth-order valence-corrected chi connectivity index (χ4v) is 2.01. The van der Waals surface area contributed by atoms with Crippen molar-refractivity contribution in [2.75, 3.05) is 0 Å². The van der Waals surface area contributed by atoms with Crippen molar-refractivity contribution in [2.24, 2.45) is 5.92 Å². The van der Waals surface area contributed by atoms with Crippen molar-refractivity contribution in [2.45, 2.75) is 52.9 Å². The number of rotatable bonds is 4. The van der Waals surface area contributed by atoms with E-state index in [0.717, 1.165) is 5.92 Å². The van der Waals surface area contributed by atoms with E-state index in [1.54, 1.807) is 11.1 Å². The van der Waals surface area contributed by atoms with Crippen LogP contribution in [0.25, 0.3) is 0 Å². The maximum atomic E-state index is 2.43. The predicted molar refractivity (Wildman–Crippen MR) is 59.8 cm³/mol. The Labute approximate surface area is 82.7 Å². The van der Waals surface area contributed by atoms with Crippen LogP contribution in [0.1, 0.15) is 52.9 Å². The van der Waals surface area contributed by atoms with E-state index in [9.17, 15) is 0 Å². The summed E-state index contributed by atoms with van der Waals surface area (Å²) >= 11 is 0. The van der Waals surface area contributed by atoms with Gasteiger partial charge >= 0.3 is 0 Å². The molecule has 0 aromatic carbocycles. The Hall–Kier alpha value is -0.520. The molecule has 0 saturated heterocycles. The Morgan fingerprint density at radius 3 is 2.77 bits per heavy atom. The first-order chi connectivity index (χ1) is 6.27. The van der Waals surface area contributed by atoms with Crippen molar-refractivity contribution in [3.8, 4) is 0 Å². The van der Waals surface area contributed by atoms with Gasteiger partial charge in [-0.1, -0.05) is 44.9 Å². The van der Waals surface area contributed by atoms with Crippen LogP contribution in [0.3, 0.4) is 0 Å². The maximum absolute atomic E-state index is 2.43. The molecule has 0 spiro atoms. The molecule has 0 bridgehead atoms. The minimum atomic E-state index is 0.770. The summed E-state index contributed by atoms with van der Waals surface area (Å²) in [5.74, 6) is 0.770. The first-order valence-corrected chi connectivity index (χ1v) is 5.67. The summed E-state index contributed by atoms with van der Waals surface area (Å²) in [5, 5.41) is 0. The average molecular weight is 178 g/mol. The lowest BCUT2D eigenvalue weighted by atomic mass is 9.88. The van der Waals surface area contributed by atoms with Gasteiger partial charge in [-0.3, -0.25) is 0 Å². The van der Waals surface area contributed by atoms with E-state index in [2.05, 4.69) is 32.9 Å². The molecule has 0 saturated carbocycles. The monoisotopic (exact) mass is 178 g/mol. The Morgan fingerprint density at radius 2 is 2.15 bits per heavy atom. The molecular weight excluding hydrogens is 156 g/mol. The standard InChI is InChI=1S/C13H22/c1-4-7-11(3)13-9-6-8-12(5-2)10-13/h9-11H,4-8H2,1-3H3. The normalized spacial score (nSPS) is 19.3. The highest BCUT2D eigenvalue weighted by atomic mass is 14.1. The molecule has 0 radical (unpaired) electrons.